The molecule has 0 radical (unpaired) electrons. The SMILES string of the molecule is COC1CC(N)(c2noc(C(C)C)n2)C1. The van der Waals surface area contributed by atoms with Gasteiger partial charge in [0.15, 0.2) is 5.82 Å². The average Bonchev–Trinajstić information content (AvgIpc) is 2.61. The molecule has 0 unspecified atom stereocenters. The van der Waals surface area contributed by atoms with Crippen molar-refractivity contribution < 1.29 is 9.26 Å². The van der Waals surface area contributed by atoms with E-state index in [1.807, 2.05) is 13.8 Å². The summed E-state index contributed by atoms with van der Waals surface area (Å²) in [5.74, 6) is 1.50. The van der Waals surface area contributed by atoms with E-state index in [-0.39, 0.29) is 12.0 Å². The summed E-state index contributed by atoms with van der Waals surface area (Å²) >= 11 is 0. The van der Waals surface area contributed by atoms with E-state index in [1.54, 1.807) is 7.11 Å². The van der Waals surface area contributed by atoms with Crippen molar-refractivity contribution in [2.45, 2.75) is 44.2 Å². The maximum atomic E-state index is 6.14. The zero-order valence-electron chi connectivity index (χ0n) is 9.36. The summed E-state index contributed by atoms with van der Waals surface area (Å²) in [6.45, 7) is 4.03. The molecule has 5 heteroatoms. The third-order valence-corrected chi connectivity index (χ3v) is 2.90. The zero-order valence-corrected chi connectivity index (χ0v) is 9.36. The van der Waals surface area contributed by atoms with E-state index in [9.17, 15) is 0 Å². The number of hydrogen-bond acceptors (Lipinski definition) is 5. The second-order valence-electron chi connectivity index (χ2n) is 4.53. The lowest BCUT2D eigenvalue weighted by Gasteiger charge is -2.41. The Balaban J connectivity index is 2.10. The Morgan fingerprint density at radius 2 is 2.20 bits per heavy atom. The molecule has 2 N–H and O–H groups in total. The lowest BCUT2D eigenvalue weighted by molar-refractivity contribution is -0.0202. The highest BCUT2D eigenvalue weighted by Gasteiger charge is 2.46. The van der Waals surface area contributed by atoms with Crippen molar-refractivity contribution in [1.29, 1.82) is 0 Å². The van der Waals surface area contributed by atoms with E-state index < -0.39 is 5.54 Å². The monoisotopic (exact) mass is 211 g/mol. The van der Waals surface area contributed by atoms with Crippen LogP contribution in [0.2, 0.25) is 0 Å². The first-order valence-electron chi connectivity index (χ1n) is 5.21. The number of ether oxygens (including phenoxy) is 1. The minimum Gasteiger partial charge on any atom is -0.381 e. The topological polar surface area (TPSA) is 74.2 Å². The van der Waals surface area contributed by atoms with Gasteiger partial charge in [0.25, 0.3) is 0 Å². The summed E-state index contributed by atoms with van der Waals surface area (Å²) in [5, 5.41) is 3.93. The van der Waals surface area contributed by atoms with Crippen molar-refractivity contribution in [3.8, 4) is 0 Å². The van der Waals surface area contributed by atoms with Gasteiger partial charge in [0.05, 0.1) is 11.6 Å². The Bertz CT molecular complexity index is 342. The van der Waals surface area contributed by atoms with Gasteiger partial charge >= 0.3 is 0 Å². The molecular formula is C10H17N3O2. The molecule has 15 heavy (non-hydrogen) atoms. The molecule has 1 saturated carbocycles. The summed E-state index contributed by atoms with van der Waals surface area (Å²) in [6, 6.07) is 0. The molecule has 1 aliphatic rings. The first kappa shape index (κ1) is 10.6. The van der Waals surface area contributed by atoms with Crippen molar-refractivity contribution >= 4 is 0 Å². The quantitative estimate of drug-likeness (QED) is 0.812. The molecule has 1 aromatic rings. The van der Waals surface area contributed by atoms with Crippen LogP contribution in [0.4, 0.5) is 0 Å². The van der Waals surface area contributed by atoms with Crippen LogP contribution in [0.1, 0.15) is 44.3 Å². The van der Waals surface area contributed by atoms with Gasteiger partial charge in [-0.05, 0) is 12.8 Å². The molecule has 1 aromatic heterocycles. The van der Waals surface area contributed by atoms with Gasteiger partial charge in [0.1, 0.15) is 0 Å². The fraction of sp³-hybridized carbons (Fsp3) is 0.800. The number of aromatic nitrogens is 2. The van der Waals surface area contributed by atoms with Crippen LogP contribution in [0.5, 0.6) is 0 Å². The Hall–Kier alpha value is -0.940. The van der Waals surface area contributed by atoms with Gasteiger partial charge in [0, 0.05) is 13.0 Å². The van der Waals surface area contributed by atoms with Gasteiger partial charge in [0.2, 0.25) is 5.89 Å². The van der Waals surface area contributed by atoms with Crippen LogP contribution in [0.25, 0.3) is 0 Å². The van der Waals surface area contributed by atoms with E-state index in [2.05, 4.69) is 10.1 Å². The van der Waals surface area contributed by atoms with E-state index in [1.165, 1.54) is 0 Å². The Morgan fingerprint density at radius 1 is 1.53 bits per heavy atom. The van der Waals surface area contributed by atoms with Crippen LogP contribution in [0.3, 0.4) is 0 Å². The maximum absolute atomic E-state index is 6.14. The van der Waals surface area contributed by atoms with Crippen LogP contribution in [0, 0.1) is 0 Å². The second-order valence-corrected chi connectivity index (χ2v) is 4.53. The van der Waals surface area contributed by atoms with Gasteiger partial charge < -0.3 is 15.0 Å². The van der Waals surface area contributed by atoms with Gasteiger partial charge in [-0.3, -0.25) is 0 Å². The number of rotatable bonds is 3. The van der Waals surface area contributed by atoms with Gasteiger partial charge in [-0.1, -0.05) is 19.0 Å². The Kier molecular flexibility index (Phi) is 2.52. The molecule has 0 saturated heterocycles. The molecule has 5 nitrogen and oxygen atoms in total. The molecule has 2 rings (SSSR count). The largest absolute Gasteiger partial charge is 0.381 e. The third-order valence-electron chi connectivity index (χ3n) is 2.90. The number of nitrogens with zero attached hydrogens (tertiary/aromatic N) is 2. The lowest BCUT2D eigenvalue weighted by atomic mass is 9.74. The van der Waals surface area contributed by atoms with Crippen molar-refractivity contribution in [3.63, 3.8) is 0 Å². The fourth-order valence-electron chi connectivity index (χ4n) is 1.77. The van der Waals surface area contributed by atoms with E-state index >= 15 is 0 Å². The van der Waals surface area contributed by atoms with Gasteiger partial charge in [-0.25, -0.2) is 0 Å². The minimum atomic E-state index is -0.447. The molecule has 0 amide bonds. The molecule has 0 aliphatic heterocycles. The van der Waals surface area contributed by atoms with Crippen LogP contribution in [0.15, 0.2) is 4.52 Å². The van der Waals surface area contributed by atoms with E-state index in [0.29, 0.717) is 11.7 Å². The molecule has 0 spiro atoms. The molecular weight excluding hydrogens is 194 g/mol. The molecule has 1 fully saturated rings. The summed E-state index contributed by atoms with van der Waals surface area (Å²) in [5.41, 5.74) is 5.69. The predicted molar refractivity (Wildman–Crippen MR) is 54.3 cm³/mol. The third kappa shape index (κ3) is 1.77. The molecule has 0 atom stereocenters. The van der Waals surface area contributed by atoms with Gasteiger partial charge in [-0.2, -0.15) is 4.98 Å². The summed E-state index contributed by atoms with van der Waals surface area (Å²) < 4.78 is 10.3. The number of methoxy groups -OCH3 is 1. The molecule has 84 valence electrons. The first-order valence-corrected chi connectivity index (χ1v) is 5.21. The Labute approximate surface area is 89.0 Å². The highest BCUT2D eigenvalue weighted by Crippen LogP contribution is 2.39. The zero-order chi connectivity index (χ0) is 11.1. The highest BCUT2D eigenvalue weighted by atomic mass is 16.5. The highest BCUT2D eigenvalue weighted by molar-refractivity contribution is 5.12. The molecule has 0 bridgehead atoms. The smallest absolute Gasteiger partial charge is 0.229 e. The maximum Gasteiger partial charge on any atom is 0.229 e. The minimum absolute atomic E-state index is 0.232. The van der Waals surface area contributed by atoms with Crippen LogP contribution in [-0.4, -0.2) is 23.4 Å². The standard InChI is InChI=1S/C10H17N3O2/c1-6(2)8-12-9(13-15-8)10(11)4-7(5-10)14-3/h6-7H,4-5,11H2,1-3H3. The lowest BCUT2D eigenvalue weighted by Crippen LogP contribution is -2.53. The molecule has 1 aliphatic carbocycles. The molecule has 1 heterocycles. The number of hydrogen-bond donors (Lipinski definition) is 1. The van der Waals surface area contributed by atoms with Crippen molar-refractivity contribution in [2.75, 3.05) is 7.11 Å². The molecule has 0 aromatic carbocycles. The van der Waals surface area contributed by atoms with Gasteiger partial charge in [-0.15, -0.1) is 0 Å². The van der Waals surface area contributed by atoms with Crippen LogP contribution >= 0.6 is 0 Å². The summed E-state index contributed by atoms with van der Waals surface area (Å²) in [7, 11) is 1.69. The Morgan fingerprint density at radius 3 is 2.67 bits per heavy atom. The van der Waals surface area contributed by atoms with Crippen molar-refractivity contribution in [3.05, 3.63) is 11.7 Å². The van der Waals surface area contributed by atoms with Crippen molar-refractivity contribution in [2.24, 2.45) is 5.73 Å². The first-order chi connectivity index (χ1) is 7.05. The van der Waals surface area contributed by atoms with E-state index in [4.69, 9.17) is 15.0 Å². The summed E-state index contributed by atoms with van der Waals surface area (Å²) in [6.07, 6.45) is 1.76. The predicted octanol–water partition coefficient (Wildman–Crippen LogP) is 1.16. The van der Waals surface area contributed by atoms with E-state index in [0.717, 1.165) is 12.8 Å². The normalized spacial score (nSPS) is 30.6. The fourth-order valence-corrected chi connectivity index (χ4v) is 1.77. The second kappa shape index (κ2) is 3.57. The van der Waals surface area contributed by atoms with Crippen LogP contribution < -0.4 is 5.73 Å². The summed E-state index contributed by atoms with van der Waals surface area (Å²) in [4.78, 5) is 4.31. The van der Waals surface area contributed by atoms with Crippen LogP contribution in [-0.2, 0) is 10.3 Å². The van der Waals surface area contributed by atoms with Crippen molar-refractivity contribution in [1.82, 2.24) is 10.1 Å². The number of nitrogens with two attached hydrogens (primary N) is 1. The average molecular weight is 211 g/mol.